The van der Waals surface area contributed by atoms with Crippen molar-refractivity contribution in [3.8, 4) is 0 Å². The van der Waals surface area contributed by atoms with Crippen molar-refractivity contribution in [3.63, 3.8) is 0 Å². The Labute approximate surface area is 175 Å². The summed E-state index contributed by atoms with van der Waals surface area (Å²) in [5.41, 5.74) is 3.75. The third-order valence-corrected chi connectivity index (χ3v) is 10.3. The molecule has 2 heterocycles. The van der Waals surface area contributed by atoms with Crippen LogP contribution in [0.4, 0.5) is 0 Å². The fraction of sp³-hybridized carbons (Fsp3) is 0.880. The van der Waals surface area contributed by atoms with Gasteiger partial charge in [0.25, 0.3) is 0 Å². The van der Waals surface area contributed by atoms with Gasteiger partial charge in [-0.1, -0.05) is 13.8 Å². The third kappa shape index (κ3) is 2.81. The fourth-order valence-corrected chi connectivity index (χ4v) is 8.65. The molecule has 160 valence electrons. The zero-order valence-electron chi connectivity index (χ0n) is 18.3. The van der Waals surface area contributed by atoms with Crippen molar-refractivity contribution in [2.24, 2.45) is 34.5 Å². The van der Waals surface area contributed by atoms with Crippen LogP contribution in [0.15, 0.2) is 6.20 Å². The van der Waals surface area contributed by atoms with Crippen molar-refractivity contribution in [2.75, 3.05) is 6.61 Å². The number of fused-ring (bicyclic) bond motifs is 6. The molecule has 1 N–H and O–H groups in total. The van der Waals surface area contributed by atoms with Gasteiger partial charge in [-0.3, -0.25) is 5.10 Å². The smallest absolute Gasteiger partial charge is 0.157 e. The van der Waals surface area contributed by atoms with E-state index in [4.69, 9.17) is 9.47 Å². The monoisotopic (exact) mass is 398 g/mol. The summed E-state index contributed by atoms with van der Waals surface area (Å²) < 4.78 is 12.6. The number of hydrogen-bond acceptors (Lipinski definition) is 3. The number of aromatic nitrogens is 2. The molecule has 1 aromatic heterocycles. The van der Waals surface area contributed by atoms with E-state index < -0.39 is 0 Å². The molecule has 0 radical (unpaired) electrons. The molecule has 0 aromatic carbocycles. The number of aromatic amines is 1. The summed E-state index contributed by atoms with van der Waals surface area (Å²) in [7, 11) is 0. The molecule has 29 heavy (non-hydrogen) atoms. The first-order valence-corrected chi connectivity index (χ1v) is 12.4. The molecule has 4 aliphatic carbocycles. The number of H-pyrrole nitrogens is 1. The van der Waals surface area contributed by atoms with Crippen LogP contribution in [0.3, 0.4) is 0 Å². The van der Waals surface area contributed by atoms with Crippen LogP contribution in [0.1, 0.15) is 82.9 Å². The molecule has 8 atom stereocenters. The molecule has 0 bridgehead atoms. The Morgan fingerprint density at radius 2 is 1.93 bits per heavy atom. The van der Waals surface area contributed by atoms with Gasteiger partial charge in [0.15, 0.2) is 6.29 Å². The lowest BCUT2D eigenvalue weighted by molar-refractivity contribution is -0.218. The minimum absolute atomic E-state index is 0.0631. The summed E-state index contributed by atoms with van der Waals surface area (Å²) in [6, 6.07) is 0. The summed E-state index contributed by atoms with van der Waals surface area (Å²) >= 11 is 0. The van der Waals surface area contributed by atoms with E-state index in [0.717, 1.165) is 36.7 Å². The highest BCUT2D eigenvalue weighted by molar-refractivity contribution is 5.25. The van der Waals surface area contributed by atoms with Gasteiger partial charge in [-0.2, -0.15) is 5.10 Å². The second kappa shape index (κ2) is 6.82. The predicted octanol–water partition coefficient (Wildman–Crippen LogP) is 5.28. The van der Waals surface area contributed by atoms with Crippen molar-refractivity contribution in [1.29, 1.82) is 0 Å². The molecule has 3 saturated carbocycles. The maximum Gasteiger partial charge on any atom is 0.157 e. The largest absolute Gasteiger partial charge is 0.353 e. The van der Waals surface area contributed by atoms with Gasteiger partial charge in [-0.15, -0.1) is 0 Å². The molecule has 0 unspecified atom stereocenters. The van der Waals surface area contributed by atoms with E-state index in [1.54, 1.807) is 0 Å². The van der Waals surface area contributed by atoms with Gasteiger partial charge in [0.05, 0.1) is 12.3 Å². The molecule has 5 aliphatic rings. The first-order chi connectivity index (χ1) is 14.1. The number of ether oxygens (including phenoxy) is 2. The molecule has 1 aliphatic heterocycles. The van der Waals surface area contributed by atoms with Gasteiger partial charge in [-0.25, -0.2) is 0 Å². The van der Waals surface area contributed by atoms with Crippen molar-refractivity contribution < 1.29 is 9.47 Å². The Morgan fingerprint density at radius 1 is 1.03 bits per heavy atom. The summed E-state index contributed by atoms with van der Waals surface area (Å²) in [4.78, 5) is 0. The Hall–Kier alpha value is -0.870. The lowest BCUT2D eigenvalue weighted by atomic mass is 9.45. The molecule has 0 amide bonds. The van der Waals surface area contributed by atoms with Gasteiger partial charge >= 0.3 is 0 Å². The van der Waals surface area contributed by atoms with E-state index in [-0.39, 0.29) is 6.29 Å². The first-order valence-electron chi connectivity index (χ1n) is 12.4. The number of hydrogen-bond donors (Lipinski definition) is 1. The van der Waals surface area contributed by atoms with Crippen LogP contribution in [0.25, 0.3) is 0 Å². The Bertz CT molecular complexity index is 756. The van der Waals surface area contributed by atoms with E-state index in [1.165, 1.54) is 75.5 Å². The van der Waals surface area contributed by atoms with Gasteiger partial charge in [0.1, 0.15) is 0 Å². The first kappa shape index (κ1) is 18.9. The maximum atomic E-state index is 6.64. The summed E-state index contributed by atoms with van der Waals surface area (Å²) in [6.45, 7) is 6.09. The minimum Gasteiger partial charge on any atom is -0.353 e. The second-order valence-electron chi connectivity index (χ2n) is 11.5. The van der Waals surface area contributed by atoms with E-state index in [2.05, 4.69) is 30.2 Å². The molecular weight excluding hydrogens is 360 g/mol. The summed E-state index contributed by atoms with van der Waals surface area (Å²) in [6.07, 6.45) is 16.8. The SMILES string of the molecule is C[C@]12Cc3cn[nH]c3C[C@@H]1CC[C@@H]1[C@@H]2CC[C@]2(C)[C@@H](O[C@H]3CCCCO3)CC[C@@H]12. The van der Waals surface area contributed by atoms with E-state index in [0.29, 0.717) is 16.9 Å². The maximum absolute atomic E-state index is 6.64. The van der Waals surface area contributed by atoms with Gasteiger partial charge < -0.3 is 9.47 Å². The van der Waals surface area contributed by atoms with E-state index in [9.17, 15) is 0 Å². The highest BCUT2D eigenvalue weighted by Gasteiger charge is 2.60. The van der Waals surface area contributed by atoms with Crippen LogP contribution in [0.5, 0.6) is 0 Å². The normalized spacial score (nSPS) is 49.0. The molecule has 4 nitrogen and oxygen atoms in total. The average Bonchev–Trinajstić information content (AvgIpc) is 3.30. The topological polar surface area (TPSA) is 47.1 Å². The molecular formula is C25H38N2O2. The van der Waals surface area contributed by atoms with Crippen molar-refractivity contribution in [2.45, 2.75) is 96.9 Å². The zero-order chi connectivity index (χ0) is 19.6. The minimum atomic E-state index is 0.0631. The number of nitrogens with one attached hydrogen (secondary N) is 1. The Kier molecular flexibility index (Phi) is 4.43. The Balaban J connectivity index is 1.23. The van der Waals surface area contributed by atoms with E-state index in [1.807, 2.05) is 0 Å². The molecule has 4 heteroatoms. The molecule has 6 rings (SSSR count). The van der Waals surface area contributed by atoms with Crippen LogP contribution >= 0.6 is 0 Å². The predicted molar refractivity (Wildman–Crippen MR) is 112 cm³/mol. The highest BCUT2D eigenvalue weighted by Crippen LogP contribution is 2.66. The lowest BCUT2D eigenvalue weighted by Gasteiger charge is -2.60. The summed E-state index contributed by atoms with van der Waals surface area (Å²) in [5.74, 6) is 3.46. The van der Waals surface area contributed by atoms with Crippen LogP contribution in [0, 0.1) is 34.5 Å². The Morgan fingerprint density at radius 3 is 2.79 bits per heavy atom. The van der Waals surface area contributed by atoms with Crippen molar-refractivity contribution in [3.05, 3.63) is 17.5 Å². The van der Waals surface area contributed by atoms with Crippen LogP contribution in [-0.2, 0) is 22.3 Å². The van der Waals surface area contributed by atoms with Crippen LogP contribution in [-0.4, -0.2) is 29.2 Å². The van der Waals surface area contributed by atoms with E-state index >= 15 is 0 Å². The van der Waals surface area contributed by atoms with Crippen LogP contribution < -0.4 is 0 Å². The number of rotatable bonds is 2. The quantitative estimate of drug-likeness (QED) is 0.737. The van der Waals surface area contributed by atoms with Crippen molar-refractivity contribution >= 4 is 0 Å². The molecule has 0 spiro atoms. The second-order valence-corrected chi connectivity index (χ2v) is 11.5. The van der Waals surface area contributed by atoms with Gasteiger partial charge in [0, 0.05) is 12.3 Å². The highest BCUT2D eigenvalue weighted by atomic mass is 16.7. The average molecular weight is 399 g/mol. The lowest BCUT2D eigenvalue weighted by Crippen LogP contribution is -2.55. The summed E-state index contributed by atoms with van der Waals surface area (Å²) in [5, 5.41) is 7.66. The zero-order valence-corrected chi connectivity index (χ0v) is 18.3. The van der Waals surface area contributed by atoms with Crippen LogP contribution in [0.2, 0.25) is 0 Å². The third-order valence-electron chi connectivity index (χ3n) is 10.3. The van der Waals surface area contributed by atoms with Gasteiger partial charge in [-0.05, 0) is 111 Å². The number of nitrogens with zero attached hydrogens (tertiary/aromatic N) is 1. The standard InChI is InChI=1S/C25H38N2O2/c1-24-11-10-20-18(19(24)8-9-22(24)29-23-5-3-4-12-28-23)7-6-17-13-21-16(15-26-27-21)14-25(17,20)2/h15,17-20,22-23H,3-14H2,1-2H3,(H,26,27)/t17-,18-,19-,20-,22-,23-,24-,25-/m0/s1. The fourth-order valence-electron chi connectivity index (χ4n) is 8.65. The van der Waals surface area contributed by atoms with Crippen molar-refractivity contribution in [1.82, 2.24) is 10.2 Å². The molecule has 4 fully saturated rings. The van der Waals surface area contributed by atoms with Gasteiger partial charge in [0.2, 0.25) is 0 Å². The molecule has 1 saturated heterocycles. The molecule has 1 aromatic rings.